The zero-order chi connectivity index (χ0) is 14.9. The first-order valence-electron chi connectivity index (χ1n) is 6.34. The number of hydrogen-bond donors (Lipinski definition) is 2. The molecule has 1 fully saturated rings. The van der Waals surface area contributed by atoms with E-state index in [4.69, 9.17) is 9.88 Å². The highest BCUT2D eigenvalue weighted by atomic mass is 32.2. The van der Waals surface area contributed by atoms with Crippen molar-refractivity contribution in [2.75, 3.05) is 6.61 Å². The van der Waals surface area contributed by atoms with Crippen LogP contribution in [0, 0.1) is 6.92 Å². The number of benzene rings is 1. The SMILES string of the molecule is Cc1cc(C(=O)NC2CCOC2C)cc(S(N)(=O)=O)c1. The molecule has 1 amide bonds. The monoisotopic (exact) mass is 298 g/mol. The molecule has 1 heterocycles. The highest BCUT2D eigenvalue weighted by molar-refractivity contribution is 7.89. The number of carbonyl (C=O) groups excluding carboxylic acids is 1. The normalized spacial score (nSPS) is 22.8. The largest absolute Gasteiger partial charge is 0.376 e. The van der Waals surface area contributed by atoms with Gasteiger partial charge in [-0.25, -0.2) is 13.6 Å². The summed E-state index contributed by atoms with van der Waals surface area (Å²) in [6.45, 7) is 4.22. The van der Waals surface area contributed by atoms with Crippen molar-refractivity contribution in [2.45, 2.75) is 37.3 Å². The van der Waals surface area contributed by atoms with Gasteiger partial charge in [-0.2, -0.15) is 0 Å². The van der Waals surface area contributed by atoms with Crippen LogP contribution in [0.2, 0.25) is 0 Å². The Bertz CT molecular complexity index is 627. The first-order valence-corrected chi connectivity index (χ1v) is 7.89. The van der Waals surface area contributed by atoms with Gasteiger partial charge in [0.1, 0.15) is 0 Å². The molecule has 1 aliphatic heterocycles. The summed E-state index contributed by atoms with van der Waals surface area (Å²) in [5.74, 6) is -0.319. The maximum absolute atomic E-state index is 12.2. The van der Waals surface area contributed by atoms with Crippen molar-refractivity contribution in [1.82, 2.24) is 5.32 Å². The van der Waals surface area contributed by atoms with E-state index in [2.05, 4.69) is 5.32 Å². The van der Waals surface area contributed by atoms with Crippen molar-refractivity contribution < 1.29 is 17.9 Å². The highest BCUT2D eigenvalue weighted by Gasteiger charge is 2.26. The number of ether oxygens (including phenoxy) is 1. The van der Waals surface area contributed by atoms with E-state index in [0.29, 0.717) is 12.2 Å². The summed E-state index contributed by atoms with van der Waals surface area (Å²) in [6.07, 6.45) is 0.710. The molecule has 1 aliphatic rings. The average Bonchev–Trinajstić information content (AvgIpc) is 2.73. The minimum atomic E-state index is -3.82. The van der Waals surface area contributed by atoms with E-state index < -0.39 is 10.0 Å². The molecule has 7 heteroatoms. The molecule has 110 valence electrons. The third-order valence-corrected chi connectivity index (χ3v) is 4.23. The lowest BCUT2D eigenvalue weighted by atomic mass is 10.1. The summed E-state index contributed by atoms with van der Waals surface area (Å²) in [5, 5.41) is 7.95. The zero-order valence-corrected chi connectivity index (χ0v) is 12.2. The Kier molecular flexibility index (Phi) is 4.12. The fourth-order valence-corrected chi connectivity index (χ4v) is 2.86. The summed E-state index contributed by atoms with van der Waals surface area (Å²) in [6, 6.07) is 4.30. The van der Waals surface area contributed by atoms with Crippen LogP contribution in [0.5, 0.6) is 0 Å². The van der Waals surface area contributed by atoms with Crippen LogP contribution in [0.1, 0.15) is 29.3 Å². The lowest BCUT2D eigenvalue weighted by Gasteiger charge is -2.16. The maximum Gasteiger partial charge on any atom is 0.251 e. The van der Waals surface area contributed by atoms with Gasteiger partial charge < -0.3 is 10.1 Å². The molecule has 2 unspecified atom stereocenters. The van der Waals surface area contributed by atoms with Crippen molar-refractivity contribution in [3.8, 4) is 0 Å². The average molecular weight is 298 g/mol. The van der Waals surface area contributed by atoms with Gasteiger partial charge in [-0.3, -0.25) is 4.79 Å². The lowest BCUT2D eigenvalue weighted by molar-refractivity contribution is 0.0866. The van der Waals surface area contributed by atoms with Crippen LogP contribution in [0.15, 0.2) is 23.1 Å². The van der Waals surface area contributed by atoms with Crippen LogP contribution in [-0.4, -0.2) is 33.1 Å². The zero-order valence-electron chi connectivity index (χ0n) is 11.4. The second-order valence-corrected chi connectivity index (χ2v) is 6.59. The van der Waals surface area contributed by atoms with Gasteiger partial charge in [0.2, 0.25) is 10.0 Å². The Morgan fingerprint density at radius 1 is 1.40 bits per heavy atom. The molecule has 1 aromatic carbocycles. The minimum Gasteiger partial charge on any atom is -0.376 e. The summed E-state index contributed by atoms with van der Waals surface area (Å²) in [5.41, 5.74) is 0.950. The number of amides is 1. The molecular formula is C13H18N2O4S. The van der Waals surface area contributed by atoms with Crippen LogP contribution < -0.4 is 10.5 Å². The molecule has 0 saturated carbocycles. The van der Waals surface area contributed by atoms with Crippen molar-refractivity contribution in [3.05, 3.63) is 29.3 Å². The molecule has 2 atom stereocenters. The van der Waals surface area contributed by atoms with E-state index in [0.717, 1.165) is 6.42 Å². The van der Waals surface area contributed by atoms with Gasteiger partial charge in [-0.15, -0.1) is 0 Å². The van der Waals surface area contributed by atoms with Crippen LogP contribution in [0.3, 0.4) is 0 Å². The predicted octanol–water partition coefficient (Wildman–Crippen LogP) is 0.550. The quantitative estimate of drug-likeness (QED) is 0.851. The molecule has 0 aromatic heterocycles. The van der Waals surface area contributed by atoms with E-state index in [1.807, 2.05) is 6.92 Å². The molecule has 20 heavy (non-hydrogen) atoms. The van der Waals surface area contributed by atoms with Crippen LogP contribution in [0.25, 0.3) is 0 Å². The smallest absolute Gasteiger partial charge is 0.251 e. The molecule has 0 radical (unpaired) electrons. The third kappa shape index (κ3) is 3.36. The van der Waals surface area contributed by atoms with Crippen LogP contribution >= 0.6 is 0 Å². The summed E-state index contributed by atoms with van der Waals surface area (Å²) >= 11 is 0. The number of hydrogen-bond acceptors (Lipinski definition) is 4. The van der Waals surface area contributed by atoms with Crippen molar-refractivity contribution in [3.63, 3.8) is 0 Å². The van der Waals surface area contributed by atoms with Crippen molar-refractivity contribution in [2.24, 2.45) is 5.14 Å². The molecule has 1 saturated heterocycles. The highest BCUT2D eigenvalue weighted by Crippen LogP contribution is 2.16. The van der Waals surface area contributed by atoms with E-state index in [-0.39, 0.29) is 28.5 Å². The number of nitrogens with two attached hydrogens (primary N) is 1. The minimum absolute atomic E-state index is 0.0403. The summed E-state index contributed by atoms with van der Waals surface area (Å²) in [7, 11) is -3.82. The first-order chi connectivity index (χ1) is 9.27. The van der Waals surface area contributed by atoms with Gasteiger partial charge in [0.15, 0.2) is 0 Å². The van der Waals surface area contributed by atoms with Crippen LogP contribution in [-0.2, 0) is 14.8 Å². The Morgan fingerprint density at radius 2 is 2.10 bits per heavy atom. The molecule has 6 nitrogen and oxygen atoms in total. The number of aryl methyl sites for hydroxylation is 1. The fraction of sp³-hybridized carbons (Fsp3) is 0.462. The Hall–Kier alpha value is -1.44. The molecule has 2 rings (SSSR count). The molecular weight excluding hydrogens is 280 g/mol. The second-order valence-electron chi connectivity index (χ2n) is 5.02. The molecule has 0 bridgehead atoms. The van der Waals surface area contributed by atoms with Gasteiger partial charge in [-0.05, 0) is 44.0 Å². The Labute approximate surface area is 118 Å². The number of sulfonamides is 1. The molecule has 3 N–H and O–H groups in total. The molecule has 0 spiro atoms. The summed E-state index contributed by atoms with van der Waals surface area (Å²) < 4.78 is 28.1. The van der Waals surface area contributed by atoms with Crippen LogP contribution in [0.4, 0.5) is 0 Å². The standard InChI is InChI=1S/C13H18N2O4S/c1-8-5-10(7-11(6-8)20(14,17)18)13(16)15-12-3-4-19-9(12)2/h5-7,9,12H,3-4H2,1-2H3,(H,15,16)(H2,14,17,18). The number of rotatable bonds is 3. The third-order valence-electron chi connectivity index (χ3n) is 3.33. The van der Waals surface area contributed by atoms with Crippen molar-refractivity contribution >= 4 is 15.9 Å². The lowest BCUT2D eigenvalue weighted by Crippen LogP contribution is -2.39. The van der Waals surface area contributed by atoms with Gasteiger partial charge in [0.25, 0.3) is 5.91 Å². The van der Waals surface area contributed by atoms with Gasteiger partial charge in [0, 0.05) is 12.2 Å². The van der Waals surface area contributed by atoms with E-state index in [9.17, 15) is 13.2 Å². The predicted molar refractivity (Wildman–Crippen MR) is 73.8 cm³/mol. The maximum atomic E-state index is 12.2. The van der Waals surface area contributed by atoms with E-state index in [1.165, 1.54) is 12.1 Å². The van der Waals surface area contributed by atoms with Gasteiger partial charge in [0.05, 0.1) is 17.0 Å². The fourth-order valence-electron chi connectivity index (χ4n) is 2.22. The van der Waals surface area contributed by atoms with E-state index >= 15 is 0 Å². The van der Waals surface area contributed by atoms with Gasteiger partial charge in [-0.1, -0.05) is 0 Å². The van der Waals surface area contributed by atoms with Crippen molar-refractivity contribution in [1.29, 1.82) is 0 Å². The Balaban J connectivity index is 2.24. The molecule has 1 aromatic rings. The summed E-state index contributed by atoms with van der Waals surface area (Å²) in [4.78, 5) is 12.1. The number of carbonyl (C=O) groups is 1. The number of nitrogens with one attached hydrogen (secondary N) is 1. The molecule has 0 aliphatic carbocycles. The Morgan fingerprint density at radius 3 is 2.65 bits per heavy atom. The first kappa shape index (κ1) is 15.0. The van der Waals surface area contributed by atoms with Gasteiger partial charge >= 0.3 is 0 Å². The topological polar surface area (TPSA) is 98.5 Å². The number of primary sulfonamides is 1. The van der Waals surface area contributed by atoms with E-state index in [1.54, 1.807) is 13.0 Å². The second kappa shape index (κ2) is 5.51.